The maximum atomic E-state index is 5.25. The van der Waals surface area contributed by atoms with E-state index in [1.807, 2.05) is 11.8 Å². The number of hydrogen-bond acceptors (Lipinski definition) is 3. The van der Waals surface area contributed by atoms with Gasteiger partial charge < -0.3 is 5.32 Å². The van der Waals surface area contributed by atoms with Gasteiger partial charge in [-0.25, -0.2) is 5.84 Å². The third-order valence-electron chi connectivity index (χ3n) is 2.13. The first-order chi connectivity index (χ1) is 6.36. The van der Waals surface area contributed by atoms with Gasteiger partial charge in [-0.1, -0.05) is 6.42 Å². The number of rotatable bonds is 2. The van der Waals surface area contributed by atoms with Gasteiger partial charge in [0.25, 0.3) is 0 Å². The highest BCUT2D eigenvalue weighted by molar-refractivity contribution is 7.99. The summed E-state index contributed by atoms with van der Waals surface area (Å²) in [5, 5.41) is 3.90. The van der Waals surface area contributed by atoms with E-state index >= 15 is 0 Å². The lowest BCUT2D eigenvalue weighted by Gasteiger charge is -2.22. The van der Waals surface area contributed by atoms with E-state index in [2.05, 4.69) is 15.7 Å². The van der Waals surface area contributed by atoms with E-state index in [0.29, 0.717) is 5.96 Å². The van der Waals surface area contributed by atoms with Crippen molar-refractivity contribution in [3.63, 3.8) is 0 Å². The average Bonchev–Trinajstić information content (AvgIpc) is 2.21. The van der Waals surface area contributed by atoms with Crippen LogP contribution in [0.25, 0.3) is 0 Å². The molecule has 0 bridgehead atoms. The number of aliphatic imine (C=N–C) groups is 1. The Hall–Kier alpha value is -0.420. The molecule has 4 nitrogen and oxygen atoms in total. The zero-order valence-electron chi connectivity index (χ0n) is 8.05. The Morgan fingerprint density at radius 2 is 2.46 bits per heavy atom. The summed E-state index contributed by atoms with van der Waals surface area (Å²) in [6.45, 7) is 0.960. The fourth-order valence-electron chi connectivity index (χ4n) is 1.37. The molecule has 1 aliphatic heterocycles. The molecular formula is C8H18N4S. The van der Waals surface area contributed by atoms with Crippen molar-refractivity contribution in [2.24, 2.45) is 10.8 Å². The van der Waals surface area contributed by atoms with Gasteiger partial charge in [0.15, 0.2) is 0 Å². The molecule has 0 aromatic carbocycles. The summed E-state index contributed by atoms with van der Waals surface area (Å²) in [6, 6.07) is 0. The highest BCUT2D eigenvalue weighted by Crippen LogP contribution is 2.23. The van der Waals surface area contributed by atoms with E-state index in [-0.39, 0.29) is 0 Å². The molecule has 0 spiro atoms. The SMILES string of the molecule is CN=C(NN)NCC1CCCCS1. The zero-order valence-corrected chi connectivity index (χ0v) is 8.86. The normalized spacial score (nSPS) is 24.2. The van der Waals surface area contributed by atoms with Crippen LogP contribution in [0.4, 0.5) is 0 Å². The quantitative estimate of drug-likeness (QED) is 0.261. The number of thioether (sulfide) groups is 1. The largest absolute Gasteiger partial charge is 0.354 e. The molecule has 0 aliphatic carbocycles. The van der Waals surface area contributed by atoms with Crippen LogP contribution in [-0.4, -0.2) is 30.6 Å². The van der Waals surface area contributed by atoms with E-state index in [9.17, 15) is 0 Å². The number of nitrogens with one attached hydrogen (secondary N) is 2. The average molecular weight is 202 g/mol. The highest BCUT2D eigenvalue weighted by Gasteiger charge is 2.13. The van der Waals surface area contributed by atoms with Crippen molar-refractivity contribution in [1.29, 1.82) is 0 Å². The minimum atomic E-state index is 0.672. The van der Waals surface area contributed by atoms with Gasteiger partial charge in [-0.2, -0.15) is 11.8 Å². The van der Waals surface area contributed by atoms with Crippen LogP contribution in [0.5, 0.6) is 0 Å². The summed E-state index contributed by atoms with van der Waals surface area (Å²) in [6.07, 6.45) is 4.03. The molecule has 1 unspecified atom stereocenters. The first-order valence-electron chi connectivity index (χ1n) is 4.65. The zero-order chi connectivity index (χ0) is 9.52. The molecule has 1 rings (SSSR count). The van der Waals surface area contributed by atoms with E-state index in [1.54, 1.807) is 7.05 Å². The van der Waals surface area contributed by atoms with E-state index < -0.39 is 0 Å². The Kier molecular flexibility index (Phi) is 5.00. The van der Waals surface area contributed by atoms with Gasteiger partial charge in [-0.05, 0) is 18.6 Å². The van der Waals surface area contributed by atoms with Gasteiger partial charge in [0, 0.05) is 18.8 Å². The van der Waals surface area contributed by atoms with Gasteiger partial charge in [0.2, 0.25) is 5.96 Å². The van der Waals surface area contributed by atoms with Crippen LogP contribution in [0, 0.1) is 0 Å². The molecule has 0 amide bonds. The standard InChI is InChI=1S/C8H18N4S/c1-10-8(12-9)11-6-7-4-2-3-5-13-7/h7H,2-6,9H2,1H3,(H2,10,11,12). The molecule has 13 heavy (non-hydrogen) atoms. The molecule has 1 heterocycles. The van der Waals surface area contributed by atoms with Crippen molar-refractivity contribution >= 4 is 17.7 Å². The van der Waals surface area contributed by atoms with Crippen molar-refractivity contribution in [2.75, 3.05) is 19.3 Å². The predicted molar refractivity (Wildman–Crippen MR) is 58.8 cm³/mol. The number of hydrogen-bond donors (Lipinski definition) is 3. The highest BCUT2D eigenvalue weighted by atomic mass is 32.2. The minimum absolute atomic E-state index is 0.672. The van der Waals surface area contributed by atoms with Crippen LogP contribution in [-0.2, 0) is 0 Å². The summed E-state index contributed by atoms with van der Waals surface area (Å²) in [4.78, 5) is 3.95. The van der Waals surface area contributed by atoms with E-state index in [1.165, 1.54) is 25.0 Å². The molecular weight excluding hydrogens is 184 g/mol. The molecule has 0 aromatic rings. The Balaban J connectivity index is 2.16. The summed E-state index contributed by atoms with van der Waals surface area (Å²) in [7, 11) is 1.72. The number of nitrogens with zero attached hydrogens (tertiary/aromatic N) is 1. The molecule has 1 saturated heterocycles. The van der Waals surface area contributed by atoms with Gasteiger partial charge in [0.05, 0.1) is 0 Å². The van der Waals surface area contributed by atoms with E-state index in [0.717, 1.165) is 11.8 Å². The van der Waals surface area contributed by atoms with Gasteiger partial charge in [0.1, 0.15) is 0 Å². The summed E-state index contributed by atoms with van der Waals surface area (Å²) >= 11 is 2.04. The maximum absolute atomic E-state index is 5.25. The fourth-order valence-corrected chi connectivity index (χ4v) is 2.61. The Morgan fingerprint density at radius 1 is 1.62 bits per heavy atom. The molecule has 4 N–H and O–H groups in total. The monoisotopic (exact) mass is 202 g/mol. The van der Waals surface area contributed by atoms with Crippen LogP contribution in [0.2, 0.25) is 0 Å². The lowest BCUT2D eigenvalue weighted by molar-refractivity contribution is 0.644. The predicted octanol–water partition coefficient (Wildman–Crippen LogP) is 0.311. The van der Waals surface area contributed by atoms with Crippen molar-refractivity contribution < 1.29 is 0 Å². The second-order valence-corrected chi connectivity index (χ2v) is 4.49. The van der Waals surface area contributed by atoms with Crippen LogP contribution in [0.3, 0.4) is 0 Å². The van der Waals surface area contributed by atoms with Crippen LogP contribution in [0.15, 0.2) is 4.99 Å². The molecule has 0 saturated carbocycles. The topological polar surface area (TPSA) is 62.4 Å². The lowest BCUT2D eigenvalue weighted by atomic mass is 10.2. The molecule has 1 atom stereocenters. The third kappa shape index (κ3) is 3.87. The summed E-state index contributed by atoms with van der Waals surface area (Å²) < 4.78 is 0. The molecule has 76 valence electrons. The fraction of sp³-hybridized carbons (Fsp3) is 0.875. The number of hydrazine groups is 1. The number of guanidine groups is 1. The van der Waals surface area contributed by atoms with Crippen molar-refractivity contribution in [3.8, 4) is 0 Å². The smallest absolute Gasteiger partial charge is 0.205 e. The summed E-state index contributed by atoms with van der Waals surface area (Å²) in [5.41, 5.74) is 2.52. The molecule has 1 aliphatic rings. The second kappa shape index (κ2) is 6.10. The molecule has 0 radical (unpaired) electrons. The first-order valence-corrected chi connectivity index (χ1v) is 5.70. The summed E-state index contributed by atoms with van der Waals surface area (Å²) in [5.74, 6) is 7.21. The molecule has 1 fully saturated rings. The van der Waals surface area contributed by atoms with Crippen LogP contribution in [0.1, 0.15) is 19.3 Å². The van der Waals surface area contributed by atoms with Gasteiger partial charge in [-0.3, -0.25) is 10.4 Å². The first kappa shape index (κ1) is 10.7. The van der Waals surface area contributed by atoms with Crippen LogP contribution < -0.4 is 16.6 Å². The minimum Gasteiger partial charge on any atom is -0.354 e. The third-order valence-corrected chi connectivity index (χ3v) is 3.53. The Bertz CT molecular complexity index is 166. The molecule has 0 aromatic heterocycles. The lowest BCUT2D eigenvalue weighted by Crippen LogP contribution is -2.44. The second-order valence-electron chi connectivity index (χ2n) is 3.09. The molecule has 5 heteroatoms. The Labute approximate surface area is 83.7 Å². The van der Waals surface area contributed by atoms with Gasteiger partial charge >= 0.3 is 0 Å². The Morgan fingerprint density at radius 3 is 3.00 bits per heavy atom. The van der Waals surface area contributed by atoms with Gasteiger partial charge in [-0.15, -0.1) is 0 Å². The van der Waals surface area contributed by atoms with E-state index in [4.69, 9.17) is 5.84 Å². The van der Waals surface area contributed by atoms with Crippen molar-refractivity contribution in [2.45, 2.75) is 24.5 Å². The van der Waals surface area contributed by atoms with Crippen LogP contribution >= 0.6 is 11.8 Å². The number of nitrogens with two attached hydrogens (primary N) is 1. The van der Waals surface area contributed by atoms with Crippen molar-refractivity contribution in [3.05, 3.63) is 0 Å². The maximum Gasteiger partial charge on any atom is 0.205 e. The van der Waals surface area contributed by atoms with Crippen molar-refractivity contribution in [1.82, 2.24) is 10.7 Å².